The highest BCUT2D eigenvalue weighted by atomic mass is 35.5. The molecule has 4 aromatic heterocycles. The molecule has 11 nitrogen and oxygen atoms in total. The SMILES string of the molecule is Nc1noc2c(N3CCC(NC(=O)c4ccc(-n5cnc6ncncc65)cc4Cl)C3)ncc(Cl)c12. The Morgan fingerprint density at radius 2 is 2.06 bits per heavy atom. The van der Waals surface area contributed by atoms with Crippen LogP contribution in [0.3, 0.4) is 0 Å². The first-order valence-corrected chi connectivity index (χ1v) is 11.4. The third-order valence-electron chi connectivity index (χ3n) is 5.99. The van der Waals surface area contributed by atoms with Crippen LogP contribution in [0.1, 0.15) is 16.8 Å². The number of nitrogens with zero attached hydrogens (tertiary/aromatic N) is 7. The van der Waals surface area contributed by atoms with Gasteiger partial charge in [0.05, 0.1) is 27.2 Å². The van der Waals surface area contributed by atoms with Crippen LogP contribution >= 0.6 is 23.2 Å². The van der Waals surface area contributed by atoms with E-state index < -0.39 is 0 Å². The largest absolute Gasteiger partial charge is 0.380 e. The number of carbonyl (C=O) groups excluding carboxylic acids is 1. The van der Waals surface area contributed by atoms with Crippen molar-refractivity contribution in [2.24, 2.45) is 0 Å². The normalized spacial score (nSPS) is 15.8. The van der Waals surface area contributed by atoms with Gasteiger partial charge in [-0.1, -0.05) is 28.4 Å². The van der Waals surface area contributed by atoms with Gasteiger partial charge in [0.2, 0.25) is 5.58 Å². The molecule has 0 saturated carbocycles. The van der Waals surface area contributed by atoms with Crippen LogP contribution in [-0.2, 0) is 0 Å². The molecule has 1 atom stereocenters. The Morgan fingerprint density at radius 1 is 1.17 bits per heavy atom. The zero-order valence-corrected chi connectivity index (χ0v) is 19.5. The van der Waals surface area contributed by atoms with Crippen LogP contribution < -0.4 is 16.0 Å². The monoisotopic (exact) mass is 509 g/mol. The summed E-state index contributed by atoms with van der Waals surface area (Å²) in [4.78, 5) is 31.8. The smallest absolute Gasteiger partial charge is 0.253 e. The molecule has 0 aliphatic carbocycles. The first kappa shape index (κ1) is 21.6. The van der Waals surface area contributed by atoms with Crippen LogP contribution in [0.2, 0.25) is 10.0 Å². The minimum absolute atomic E-state index is 0.110. The molecule has 6 rings (SSSR count). The molecule has 1 saturated heterocycles. The van der Waals surface area contributed by atoms with Crippen molar-refractivity contribution >= 4 is 62.9 Å². The summed E-state index contributed by atoms with van der Waals surface area (Å²) in [5, 5.41) is 8.09. The summed E-state index contributed by atoms with van der Waals surface area (Å²) in [5.41, 5.74) is 8.74. The highest BCUT2D eigenvalue weighted by Crippen LogP contribution is 2.35. The number of hydrogen-bond donors (Lipinski definition) is 2. The molecule has 1 unspecified atom stereocenters. The van der Waals surface area contributed by atoms with Crippen LogP contribution in [0.5, 0.6) is 0 Å². The molecule has 5 aromatic rings. The Labute approximate surface area is 207 Å². The number of imidazole rings is 1. The van der Waals surface area contributed by atoms with Gasteiger partial charge in [-0.15, -0.1) is 0 Å². The highest BCUT2D eigenvalue weighted by molar-refractivity contribution is 6.36. The Kier molecular flexibility index (Phi) is 5.15. The minimum Gasteiger partial charge on any atom is -0.380 e. The summed E-state index contributed by atoms with van der Waals surface area (Å²) in [6, 6.07) is 5.10. The van der Waals surface area contributed by atoms with Crippen LogP contribution in [-0.4, -0.2) is 54.7 Å². The van der Waals surface area contributed by atoms with E-state index in [9.17, 15) is 4.79 Å². The van der Waals surface area contributed by atoms with E-state index in [1.807, 2.05) is 9.47 Å². The van der Waals surface area contributed by atoms with Crippen molar-refractivity contribution in [2.75, 3.05) is 23.7 Å². The van der Waals surface area contributed by atoms with Crippen LogP contribution in [0.25, 0.3) is 27.8 Å². The maximum Gasteiger partial charge on any atom is 0.253 e. The van der Waals surface area contributed by atoms with Crippen LogP contribution in [0, 0.1) is 0 Å². The van der Waals surface area contributed by atoms with Crippen molar-refractivity contribution in [3.8, 4) is 5.69 Å². The molecule has 0 spiro atoms. The number of anilines is 2. The van der Waals surface area contributed by atoms with Gasteiger partial charge in [-0.25, -0.2) is 19.9 Å². The number of fused-ring (bicyclic) bond motifs is 2. The van der Waals surface area contributed by atoms with Gasteiger partial charge in [0.15, 0.2) is 17.3 Å². The number of aromatic nitrogens is 6. The summed E-state index contributed by atoms with van der Waals surface area (Å²) < 4.78 is 7.17. The number of nitrogens with two attached hydrogens (primary N) is 1. The van der Waals surface area contributed by atoms with Gasteiger partial charge in [0.1, 0.15) is 18.2 Å². The molecule has 5 heterocycles. The number of benzene rings is 1. The molecule has 13 heteroatoms. The van der Waals surface area contributed by atoms with E-state index in [2.05, 4.69) is 30.4 Å². The zero-order chi connectivity index (χ0) is 24.1. The molecule has 0 bridgehead atoms. The topological polar surface area (TPSA) is 141 Å². The third-order valence-corrected chi connectivity index (χ3v) is 6.59. The second-order valence-corrected chi connectivity index (χ2v) is 8.93. The second kappa shape index (κ2) is 8.36. The molecule has 35 heavy (non-hydrogen) atoms. The lowest BCUT2D eigenvalue weighted by Crippen LogP contribution is -2.37. The molecule has 1 amide bonds. The highest BCUT2D eigenvalue weighted by Gasteiger charge is 2.29. The first-order chi connectivity index (χ1) is 17.0. The maximum absolute atomic E-state index is 13.0. The summed E-state index contributed by atoms with van der Waals surface area (Å²) in [6.07, 6.45) is 7.00. The van der Waals surface area contributed by atoms with Crippen molar-refractivity contribution in [3.05, 3.63) is 58.9 Å². The predicted molar refractivity (Wildman–Crippen MR) is 131 cm³/mol. The molecule has 176 valence electrons. The Balaban J connectivity index is 1.19. The summed E-state index contributed by atoms with van der Waals surface area (Å²) >= 11 is 12.7. The maximum atomic E-state index is 13.0. The first-order valence-electron chi connectivity index (χ1n) is 10.7. The van der Waals surface area contributed by atoms with E-state index in [0.717, 1.165) is 17.6 Å². The van der Waals surface area contributed by atoms with E-state index in [1.54, 1.807) is 30.7 Å². The molecule has 1 aliphatic rings. The lowest BCUT2D eigenvalue weighted by Gasteiger charge is -2.18. The van der Waals surface area contributed by atoms with Crippen molar-refractivity contribution in [2.45, 2.75) is 12.5 Å². The zero-order valence-electron chi connectivity index (χ0n) is 18.0. The Bertz CT molecular complexity index is 1600. The number of nitrogen functional groups attached to an aromatic ring is 1. The fourth-order valence-electron chi connectivity index (χ4n) is 4.29. The third kappa shape index (κ3) is 3.69. The average Bonchev–Trinajstić information content (AvgIpc) is 3.58. The fourth-order valence-corrected chi connectivity index (χ4v) is 4.78. The lowest BCUT2D eigenvalue weighted by molar-refractivity contribution is 0.0940. The van der Waals surface area contributed by atoms with Gasteiger partial charge in [0, 0.05) is 31.0 Å². The van der Waals surface area contributed by atoms with E-state index in [1.165, 1.54) is 12.5 Å². The fraction of sp³-hybridized carbons (Fsp3) is 0.182. The molecule has 1 aliphatic heterocycles. The van der Waals surface area contributed by atoms with Gasteiger partial charge in [-0.05, 0) is 24.6 Å². The molecule has 3 N–H and O–H groups in total. The number of rotatable bonds is 4. The second-order valence-electron chi connectivity index (χ2n) is 8.12. The quantitative estimate of drug-likeness (QED) is 0.373. The molecule has 1 fully saturated rings. The summed E-state index contributed by atoms with van der Waals surface area (Å²) in [6.45, 7) is 1.20. The number of pyridine rings is 1. The predicted octanol–water partition coefficient (Wildman–Crippen LogP) is 3.25. The van der Waals surface area contributed by atoms with Crippen molar-refractivity contribution in [1.29, 1.82) is 0 Å². The van der Waals surface area contributed by atoms with Crippen LogP contribution in [0.15, 0.2) is 47.8 Å². The average molecular weight is 510 g/mol. The van der Waals surface area contributed by atoms with Gasteiger partial charge in [0.25, 0.3) is 5.91 Å². The van der Waals surface area contributed by atoms with Crippen molar-refractivity contribution in [1.82, 2.24) is 35.0 Å². The van der Waals surface area contributed by atoms with Crippen molar-refractivity contribution < 1.29 is 9.32 Å². The van der Waals surface area contributed by atoms with Gasteiger partial charge in [-0.3, -0.25) is 9.36 Å². The Morgan fingerprint density at radius 3 is 2.91 bits per heavy atom. The minimum atomic E-state index is -0.259. The Hall–Kier alpha value is -3.96. The molecule has 0 radical (unpaired) electrons. The van der Waals surface area contributed by atoms with Gasteiger partial charge in [-0.2, -0.15) is 0 Å². The van der Waals surface area contributed by atoms with E-state index in [-0.39, 0.29) is 17.8 Å². The van der Waals surface area contributed by atoms with Gasteiger partial charge >= 0.3 is 0 Å². The number of carbonyl (C=O) groups is 1. The number of halogens is 2. The van der Waals surface area contributed by atoms with Gasteiger partial charge < -0.3 is 20.5 Å². The number of nitrogens with one attached hydrogen (secondary N) is 1. The summed E-state index contributed by atoms with van der Waals surface area (Å²) in [5.74, 6) is 0.543. The standard InChI is InChI=1S/C22H17Cl2N9O2/c23-14-5-12(33-10-29-20-16(33)7-26-9-28-20)1-2-13(14)22(34)30-11-3-4-32(8-11)21-18-17(15(24)6-27-21)19(25)31-35-18/h1-2,5-7,9-11H,3-4,8H2,(H2,25,31)(H,30,34). The van der Waals surface area contributed by atoms with Crippen molar-refractivity contribution in [3.63, 3.8) is 0 Å². The molecular formula is C22H17Cl2N9O2. The number of hydrogen-bond acceptors (Lipinski definition) is 9. The summed E-state index contributed by atoms with van der Waals surface area (Å²) in [7, 11) is 0. The number of amides is 1. The molecular weight excluding hydrogens is 493 g/mol. The van der Waals surface area contributed by atoms with E-state index >= 15 is 0 Å². The van der Waals surface area contributed by atoms with E-state index in [0.29, 0.717) is 51.1 Å². The van der Waals surface area contributed by atoms with E-state index in [4.69, 9.17) is 33.5 Å². The lowest BCUT2D eigenvalue weighted by atomic mass is 10.1. The van der Waals surface area contributed by atoms with Crippen LogP contribution in [0.4, 0.5) is 11.6 Å². The molecule has 1 aromatic carbocycles.